The number of para-hydroxylation sites is 1. The minimum absolute atomic E-state index is 0.284. The Hall–Kier alpha value is -3.74. The van der Waals surface area contributed by atoms with E-state index in [1.165, 1.54) is 16.8 Å². The van der Waals surface area contributed by atoms with Crippen molar-refractivity contribution in [2.45, 2.75) is 19.9 Å². The lowest BCUT2D eigenvalue weighted by Gasteiger charge is -2.13. The molecule has 0 atom stereocenters. The number of benzene rings is 2. The monoisotopic (exact) mass is 404 g/mol. The summed E-state index contributed by atoms with van der Waals surface area (Å²) >= 11 is 0. The molecule has 2 heterocycles. The first kappa shape index (κ1) is 19.6. The summed E-state index contributed by atoms with van der Waals surface area (Å²) in [6.45, 7) is 2.88. The molecule has 7 heteroatoms. The van der Waals surface area contributed by atoms with Crippen LogP contribution in [0.15, 0.2) is 71.8 Å². The second-order valence-corrected chi connectivity index (χ2v) is 7.04. The van der Waals surface area contributed by atoms with Gasteiger partial charge in [-0.3, -0.25) is 9.59 Å². The van der Waals surface area contributed by atoms with Crippen LogP contribution in [0.4, 0.5) is 4.39 Å². The maximum atomic E-state index is 13.2. The highest BCUT2D eigenvalue weighted by molar-refractivity contribution is 5.99. The van der Waals surface area contributed by atoms with Crippen molar-refractivity contribution in [3.8, 4) is 16.9 Å². The molecule has 1 amide bonds. The largest absolute Gasteiger partial charge is 0.352 e. The average Bonchev–Trinajstić information content (AvgIpc) is 3.10. The number of carbonyl (C=O) groups excluding carboxylic acids is 1. The van der Waals surface area contributed by atoms with Crippen molar-refractivity contribution in [3.63, 3.8) is 0 Å². The molecule has 0 saturated heterocycles. The summed E-state index contributed by atoms with van der Waals surface area (Å²) in [6, 6.07) is 15.2. The Balaban J connectivity index is 1.84. The summed E-state index contributed by atoms with van der Waals surface area (Å²) in [4.78, 5) is 25.9. The van der Waals surface area contributed by atoms with Gasteiger partial charge in [-0.05, 0) is 36.2 Å². The number of nitrogens with zero attached hydrogens (tertiary/aromatic N) is 3. The Kier molecular flexibility index (Phi) is 5.43. The number of halogens is 1. The maximum absolute atomic E-state index is 13.2. The number of aromatic nitrogens is 3. The zero-order valence-corrected chi connectivity index (χ0v) is 16.5. The first-order valence-corrected chi connectivity index (χ1v) is 9.77. The lowest BCUT2D eigenvalue weighted by molar-refractivity contribution is 0.0953. The summed E-state index contributed by atoms with van der Waals surface area (Å²) < 4.78 is 16.3. The molecule has 4 rings (SSSR count). The Labute approximate surface area is 172 Å². The number of amides is 1. The van der Waals surface area contributed by atoms with Gasteiger partial charge >= 0.3 is 0 Å². The zero-order valence-electron chi connectivity index (χ0n) is 16.5. The van der Waals surface area contributed by atoms with E-state index in [2.05, 4.69) is 10.4 Å². The van der Waals surface area contributed by atoms with Crippen LogP contribution in [-0.2, 0) is 6.54 Å². The van der Waals surface area contributed by atoms with E-state index in [9.17, 15) is 14.0 Å². The molecule has 2 aliphatic rings. The van der Waals surface area contributed by atoms with Crippen LogP contribution >= 0.6 is 0 Å². The highest BCUT2D eigenvalue weighted by Gasteiger charge is 2.24. The summed E-state index contributed by atoms with van der Waals surface area (Å²) in [5, 5.41) is 7.31. The number of pyridine rings is 1. The molecule has 6 nitrogen and oxygen atoms in total. The Morgan fingerprint density at radius 1 is 1.07 bits per heavy atom. The highest BCUT2D eigenvalue weighted by Crippen LogP contribution is 2.23. The predicted molar refractivity (Wildman–Crippen MR) is 113 cm³/mol. The molecule has 0 saturated carbocycles. The number of nitrogens with one attached hydrogen (secondary N) is 1. The molecule has 2 aliphatic heterocycles. The van der Waals surface area contributed by atoms with Crippen LogP contribution in [0, 0.1) is 5.82 Å². The third kappa shape index (κ3) is 3.87. The minimum Gasteiger partial charge on any atom is -0.352 e. The Morgan fingerprint density at radius 3 is 2.50 bits per heavy atom. The van der Waals surface area contributed by atoms with Gasteiger partial charge in [-0.2, -0.15) is 9.78 Å². The molecule has 0 unspecified atom stereocenters. The molecule has 2 aromatic carbocycles. The van der Waals surface area contributed by atoms with Crippen LogP contribution in [0.2, 0.25) is 0 Å². The van der Waals surface area contributed by atoms with Gasteiger partial charge in [0.25, 0.3) is 11.5 Å². The fourth-order valence-electron chi connectivity index (χ4n) is 3.30. The van der Waals surface area contributed by atoms with Gasteiger partial charge in [-0.25, -0.2) is 4.39 Å². The lowest BCUT2D eigenvalue weighted by atomic mass is 10.1. The lowest BCUT2D eigenvalue weighted by Crippen LogP contribution is -2.26. The van der Waals surface area contributed by atoms with Gasteiger partial charge in [-0.1, -0.05) is 37.3 Å². The summed E-state index contributed by atoms with van der Waals surface area (Å²) in [5.74, 6) is -0.599. The van der Waals surface area contributed by atoms with E-state index in [0.717, 1.165) is 12.0 Å². The minimum atomic E-state index is -0.315. The number of rotatable bonds is 6. The third-order valence-corrected chi connectivity index (χ3v) is 4.78. The van der Waals surface area contributed by atoms with Crippen molar-refractivity contribution >= 4 is 5.91 Å². The molecule has 0 bridgehead atoms. The molecule has 0 radical (unpaired) electrons. The summed E-state index contributed by atoms with van der Waals surface area (Å²) in [5.41, 5.74) is 2.22. The summed E-state index contributed by atoms with van der Waals surface area (Å²) in [6.07, 6.45) is 4.16. The predicted octanol–water partition coefficient (Wildman–Crippen LogP) is 3.47. The highest BCUT2D eigenvalue weighted by atomic mass is 19.1. The van der Waals surface area contributed by atoms with Crippen molar-refractivity contribution in [3.05, 3.63) is 94.3 Å². The average molecular weight is 404 g/mol. The van der Waals surface area contributed by atoms with Gasteiger partial charge in [0.15, 0.2) is 0 Å². The topological polar surface area (TPSA) is 68.9 Å². The molecule has 0 aliphatic carbocycles. The van der Waals surface area contributed by atoms with Gasteiger partial charge in [0.05, 0.1) is 16.8 Å². The van der Waals surface area contributed by atoms with Crippen LogP contribution in [0.5, 0.6) is 0 Å². The van der Waals surface area contributed by atoms with Crippen LogP contribution in [0.25, 0.3) is 16.9 Å². The van der Waals surface area contributed by atoms with E-state index < -0.39 is 0 Å². The van der Waals surface area contributed by atoms with Crippen LogP contribution in [0.3, 0.4) is 0 Å². The van der Waals surface area contributed by atoms with E-state index in [1.807, 2.05) is 25.1 Å². The third-order valence-electron chi connectivity index (χ3n) is 4.78. The van der Waals surface area contributed by atoms with Crippen LogP contribution in [0.1, 0.15) is 29.3 Å². The van der Waals surface area contributed by atoms with Crippen molar-refractivity contribution in [1.82, 2.24) is 19.7 Å². The van der Waals surface area contributed by atoms with E-state index in [-0.39, 0.29) is 17.3 Å². The van der Waals surface area contributed by atoms with Crippen molar-refractivity contribution in [2.24, 2.45) is 0 Å². The molecule has 0 fully saturated rings. The second-order valence-electron chi connectivity index (χ2n) is 7.04. The quantitative estimate of drug-likeness (QED) is 0.535. The van der Waals surface area contributed by atoms with Crippen molar-refractivity contribution in [1.29, 1.82) is 0 Å². The normalized spacial score (nSPS) is 11.0. The van der Waals surface area contributed by atoms with Crippen molar-refractivity contribution in [2.75, 3.05) is 6.54 Å². The first-order chi connectivity index (χ1) is 14.6. The Bertz CT molecular complexity index is 1200. The molecular weight excluding hydrogens is 383 g/mol. The van der Waals surface area contributed by atoms with E-state index in [4.69, 9.17) is 0 Å². The summed E-state index contributed by atoms with van der Waals surface area (Å²) in [7, 11) is 0. The Morgan fingerprint density at radius 2 is 1.80 bits per heavy atom. The van der Waals surface area contributed by atoms with Gasteiger partial charge < -0.3 is 9.88 Å². The smallest absolute Gasteiger partial charge is 0.282 e. The van der Waals surface area contributed by atoms with E-state index in [1.54, 1.807) is 41.2 Å². The number of carbonyl (C=O) groups is 1. The molecular formula is C23H21FN4O2. The SMILES string of the molecule is CCCNC(=O)c1cn(Cc2ccc(F)cc2)cc2c(=O)n(-c3ccccc3)nc1-2. The standard InChI is InChI=1S/C23H21FN4O2/c1-2-12-25-22(29)19-14-27(13-16-8-10-17(24)11-9-16)15-20-21(19)26-28(23(20)30)18-6-4-3-5-7-18/h3-11,14-15H,2,12-13H2,1H3,(H,25,29). The fraction of sp³-hybridized carbons (Fsp3) is 0.174. The molecule has 30 heavy (non-hydrogen) atoms. The maximum Gasteiger partial charge on any atom is 0.282 e. The van der Waals surface area contributed by atoms with Gasteiger partial charge in [0.1, 0.15) is 11.5 Å². The molecule has 152 valence electrons. The van der Waals surface area contributed by atoms with Crippen molar-refractivity contribution < 1.29 is 9.18 Å². The van der Waals surface area contributed by atoms with E-state index in [0.29, 0.717) is 35.6 Å². The van der Waals surface area contributed by atoms with Gasteiger partial charge in [0.2, 0.25) is 0 Å². The molecule has 0 aromatic heterocycles. The zero-order chi connectivity index (χ0) is 21.1. The first-order valence-electron chi connectivity index (χ1n) is 9.77. The van der Waals surface area contributed by atoms with Gasteiger partial charge in [-0.15, -0.1) is 0 Å². The number of fused-ring (bicyclic) bond motifs is 1. The number of hydrogen-bond donors (Lipinski definition) is 1. The van der Waals surface area contributed by atoms with Gasteiger partial charge in [0, 0.05) is 25.5 Å². The number of hydrogen-bond acceptors (Lipinski definition) is 3. The molecule has 2 aromatic rings. The molecule has 0 spiro atoms. The van der Waals surface area contributed by atoms with E-state index >= 15 is 0 Å². The fourth-order valence-corrected chi connectivity index (χ4v) is 3.30. The second kappa shape index (κ2) is 8.32. The molecule has 1 N–H and O–H groups in total. The van der Waals surface area contributed by atoms with Crippen LogP contribution in [-0.4, -0.2) is 26.8 Å². The van der Waals surface area contributed by atoms with Crippen LogP contribution < -0.4 is 10.9 Å².